The molecule has 0 aliphatic carbocycles. The number of pyridine rings is 1. The molecule has 2 rings (SSSR count). The number of aldehydes is 1. The number of aryl methyl sites for hydroxylation is 1. The van der Waals surface area contributed by atoms with Gasteiger partial charge in [0.1, 0.15) is 12.0 Å². The van der Waals surface area contributed by atoms with Crippen molar-refractivity contribution in [3.8, 4) is 17.0 Å². The monoisotopic (exact) mass is 227 g/mol. The highest BCUT2D eigenvalue weighted by molar-refractivity contribution is 5.78. The molecule has 1 heterocycles. The lowest BCUT2D eigenvalue weighted by Crippen LogP contribution is -1.92. The Morgan fingerprint density at radius 2 is 2.06 bits per heavy atom. The van der Waals surface area contributed by atoms with Crippen LogP contribution in [0, 0.1) is 6.92 Å². The van der Waals surface area contributed by atoms with E-state index < -0.39 is 0 Å². The van der Waals surface area contributed by atoms with Crippen molar-refractivity contribution in [3.63, 3.8) is 0 Å². The third kappa shape index (κ3) is 2.33. The van der Waals surface area contributed by atoms with Crippen LogP contribution in [0.3, 0.4) is 0 Å². The standard InChI is InChI=1S/C14H13NO2/c1-10-3-4-14(17-2)12(7-10)13-8-11(9-16)5-6-15-13/h3-9H,1-2H3. The predicted molar refractivity (Wildman–Crippen MR) is 66.3 cm³/mol. The van der Waals surface area contributed by atoms with E-state index in [-0.39, 0.29) is 0 Å². The number of nitrogens with zero attached hydrogens (tertiary/aromatic N) is 1. The zero-order chi connectivity index (χ0) is 12.3. The van der Waals surface area contributed by atoms with Crippen LogP contribution in [0.4, 0.5) is 0 Å². The van der Waals surface area contributed by atoms with Gasteiger partial charge in [-0.15, -0.1) is 0 Å². The fraction of sp³-hybridized carbons (Fsp3) is 0.143. The van der Waals surface area contributed by atoms with E-state index in [9.17, 15) is 4.79 Å². The van der Waals surface area contributed by atoms with Crippen LogP contribution in [0.15, 0.2) is 36.5 Å². The molecular weight excluding hydrogens is 214 g/mol. The summed E-state index contributed by atoms with van der Waals surface area (Å²) in [5, 5.41) is 0. The predicted octanol–water partition coefficient (Wildman–Crippen LogP) is 2.88. The maximum Gasteiger partial charge on any atom is 0.150 e. The minimum absolute atomic E-state index is 0.610. The molecule has 0 aliphatic heterocycles. The molecule has 86 valence electrons. The van der Waals surface area contributed by atoms with E-state index in [0.29, 0.717) is 5.56 Å². The van der Waals surface area contributed by atoms with Gasteiger partial charge in [0, 0.05) is 17.3 Å². The number of methoxy groups -OCH3 is 1. The molecular formula is C14H13NO2. The van der Waals surface area contributed by atoms with Crippen molar-refractivity contribution in [2.24, 2.45) is 0 Å². The Kier molecular flexibility index (Phi) is 3.19. The van der Waals surface area contributed by atoms with Crippen LogP contribution in [-0.2, 0) is 0 Å². The molecule has 0 aliphatic rings. The number of carbonyl (C=O) groups excluding carboxylic acids is 1. The van der Waals surface area contributed by atoms with Crippen LogP contribution < -0.4 is 4.74 Å². The zero-order valence-corrected chi connectivity index (χ0v) is 9.81. The SMILES string of the molecule is COc1ccc(C)cc1-c1cc(C=O)ccn1. The zero-order valence-electron chi connectivity index (χ0n) is 9.81. The van der Waals surface area contributed by atoms with E-state index >= 15 is 0 Å². The number of hydrogen-bond acceptors (Lipinski definition) is 3. The van der Waals surface area contributed by atoms with Crippen LogP contribution in [0.5, 0.6) is 5.75 Å². The average molecular weight is 227 g/mol. The van der Waals surface area contributed by atoms with E-state index in [1.54, 1.807) is 25.4 Å². The Balaban J connectivity index is 2.58. The first-order chi connectivity index (χ1) is 8.24. The van der Waals surface area contributed by atoms with E-state index in [4.69, 9.17) is 4.74 Å². The summed E-state index contributed by atoms with van der Waals surface area (Å²) >= 11 is 0. The summed E-state index contributed by atoms with van der Waals surface area (Å²) < 4.78 is 5.30. The lowest BCUT2D eigenvalue weighted by Gasteiger charge is -2.09. The summed E-state index contributed by atoms with van der Waals surface area (Å²) in [6.07, 6.45) is 2.44. The topological polar surface area (TPSA) is 39.2 Å². The molecule has 0 bridgehead atoms. The second-order valence-corrected chi connectivity index (χ2v) is 3.80. The molecule has 0 unspecified atom stereocenters. The molecule has 0 amide bonds. The van der Waals surface area contributed by atoms with Crippen molar-refractivity contribution in [2.75, 3.05) is 7.11 Å². The van der Waals surface area contributed by atoms with Gasteiger partial charge in [-0.3, -0.25) is 9.78 Å². The molecule has 0 N–H and O–H groups in total. The van der Waals surface area contributed by atoms with E-state index in [0.717, 1.165) is 28.9 Å². The van der Waals surface area contributed by atoms with Gasteiger partial charge in [-0.2, -0.15) is 0 Å². The molecule has 0 radical (unpaired) electrons. The van der Waals surface area contributed by atoms with Crippen LogP contribution in [0.25, 0.3) is 11.3 Å². The fourth-order valence-corrected chi connectivity index (χ4v) is 1.69. The molecule has 17 heavy (non-hydrogen) atoms. The quantitative estimate of drug-likeness (QED) is 0.757. The Hall–Kier alpha value is -2.16. The van der Waals surface area contributed by atoms with Gasteiger partial charge in [0.2, 0.25) is 0 Å². The third-order valence-corrected chi connectivity index (χ3v) is 2.55. The Bertz CT molecular complexity index is 550. The number of rotatable bonds is 3. The number of aromatic nitrogens is 1. The van der Waals surface area contributed by atoms with E-state index in [1.807, 2.05) is 25.1 Å². The van der Waals surface area contributed by atoms with E-state index in [1.165, 1.54) is 0 Å². The van der Waals surface area contributed by atoms with Gasteiger partial charge in [0.05, 0.1) is 12.8 Å². The molecule has 0 fully saturated rings. The number of hydrogen-bond donors (Lipinski definition) is 0. The third-order valence-electron chi connectivity index (χ3n) is 2.55. The minimum atomic E-state index is 0.610. The summed E-state index contributed by atoms with van der Waals surface area (Å²) in [5.41, 5.74) is 3.38. The molecule has 0 spiro atoms. The second-order valence-electron chi connectivity index (χ2n) is 3.80. The highest BCUT2D eigenvalue weighted by atomic mass is 16.5. The Morgan fingerprint density at radius 1 is 1.24 bits per heavy atom. The second kappa shape index (κ2) is 4.78. The Labute approximate surface area is 100 Å². The highest BCUT2D eigenvalue weighted by Gasteiger charge is 2.07. The number of ether oxygens (including phenoxy) is 1. The Morgan fingerprint density at radius 3 is 2.76 bits per heavy atom. The molecule has 0 saturated heterocycles. The molecule has 3 heteroatoms. The van der Waals surface area contributed by atoms with Gasteiger partial charge in [0.25, 0.3) is 0 Å². The van der Waals surface area contributed by atoms with Gasteiger partial charge in [0.15, 0.2) is 0 Å². The van der Waals surface area contributed by atoms with Crippen LogP contribution >= 0.6 is 0 Å². The molecule has 3 nitrogen and oxygen atoms in total. The smallest absolute Gasteiger partial charge is 0.150 e. The minimum Gasteiger partial charge on any atom is -0.496 e. The van der Waals surface area contributed by atoms with Gasteiger partial charge in [-0.1, -0.05) is 11.6 Å². The average Bonchev–Trinajstić information content (AvgIpc) is 2.39. The van der Waals surface area contributed by atoms with Crippen molar-refractivity contribution in [1.29, 1.82) is 0 Å². The summed E-state index contributed by atoms with van der Waals surface area (Å²) in [4.78, 5) is 15.0. The van der Waals surface area contributed by atoms with Gasteiger partial charge < -0.3 is 4.74 Å². The van der Waals surface area contributed by atoms with Crippen molar-refractivity contribution in [3.05, 3.63) is 47.7 Å². The first-order valence-electron chi connectivity index (χ1n) is 5.31. The first-order valence-corrected chi connectivity index (χ1v) is 5.31. The number of carbonyl (C=O) groups is 1. The lowest BCUT2D eigenvalue weighted by molar-refractivity contribution is 0.112. The van der Waals surface area contributed by atoms with Crippen molar-refractivity contribution >= 4 is 6.29 Å². The van der Waals surface area contributed by atoms with Crippen molar-refractivity contribution < 1.29 is 9.53 Å². The van der Waals surface area contributed by atoms with Crippen LogP contribution in [0.1, 0.15) is 15.9 Å². The number of benzene rings is 1. The summed E-state index contributed by atoms with van der Waals surface area (Å²) in [6.45, 7) is 2.01. The van der Waals surface area contributed by atoms with Gasteiger partial charge >= 0.3 is 0 Å². The van der Waals surface area contributed by atoms with Gasteiger partial charge in [-0.05, 0) is 31.2 Å². The summed E-state index contributed by atoms with van der Waals surface area (Å²) in [7, 11) is 1.62. The lowest BCUT2D eigenvalue weighted by atomic mass is 10.1. The molecule has 1 aromatic carbocycles. The molecule has 0 atom stereocenters. The van der Waals surface area contributed by atoms with Crippen LogP contribution in [0.2, 0.25) is 0 Å². The molecule has 2 aromatic rings. The maximum absolute atomic E-state index is 10.8. The molecule has 0 saturated carbocycles. The maximum atomic E-state index is 10.8. The normalized spacial score (nSPS) is 10.0. The van der Waals surface area contributed by atoms with Crippen molar-refractivity contribution in [2.45, 2.75) is 6.92 Å². The van der Waals surface area contributed by atoms with Gasteiger partial charge in [-0.25, -0.2) is 0 Å². The molecule has 1 aromatic heterocycles. The summed E-state index contributed by atoms with van der Waals surface area (Å²) in [6, 6.07) is 9.31. The van der Waals surface area contributed by atoms with E-state index in [2.05, 4.69) is 4.98 Å². The fourth-order valence-electron chi connectivity index (χ4n) is 1.69. The summed E-state index contributed by atoms with van der Waals surface area (Å²) in [5.74, 6) is 0.756. The highest BCUT2D eigenvalue weighted by Crippen LogP contribution is 2.29. The largest absolute Gasteiger partial charge is 0.496 e. The van der Waals surface area contributed by atoms with Crippen LogP contribution in [-0.4, -0.2) is 18.4 Å². The first kappa shape index (κ1) is 11.3. The van der Waals surface area contributed by atoms with Crippen molar-refractivity contribution in [1.82, 2.24) is 4.98 Å².